The lowest BCUT2D eigenvalue weighted by Crippen LogP contribution is -1.98. The van der Waals surface area contributed by atoms with Crippen molar-refractivity contribution in [2.75, 3.05) is 0 Å². The number of hydrogen-bond acceptors (Lipinski definition) is 3. The van der Waals surface area contributed by atoms with Crippen LogP contribution in [0.4, 0.5) is 0 Å². The van der Waals surface area contributed by atoms with Gasteiger partial charge in [-0.1, -0.05) is 11.5 Å². The molecule has 0 atom stereocenters. The predicted octanol–water partition coefficient (Wildman–Crippen LogP) is 0.114. The third-order valence-corrected chi connectivity index (χ3v) is 1.59. The van der Waals surface area contributed by atoms with Crippen LogP contribution in [0.5, 0.6) is 0 Å². The summed E-state index contributed by atoms with van der Waals surface area (Å²) in [6.07, 6.45) is 0. The molecule has 2 rings (SSSR count). The first-order valence-electron chi connectivity index (χ1n) is 3.55. The van der Waals surface area contributed by atoms with Crippen LogP contribution >= 0.6 is 0 Å². The van der Waals surface area contributed by atoms with Crippen molar-refractivity contribution in [3.8, 4) is 0 Å². The number of benzene rings is 1. The van der Waals surface area contributed by atoms with Crippen molar-refractivity contribution in [1.82, 2.24) is 4.98 Å². The van der Waals surface area contributed by atoms with E-state index in [1.807, 2.05) is 0 Å². The molecule has 2 radical (unpaired) electrons. The second-order valence-electron chi connectivity index (χ2n) is 2.49. The molecule has 0 aliphatic rings. The molecule has 0 amide bonds. The molecule has 0 spiro atoms. The third-order valence-electron chi connectivity index (χ3n) is 1.59. The second kappa shape index (κ2) is 2.64. The zero-order valence-electron chi connectivity index (χ0n) is 6.32. The topological polar surface area (TPSA) is 46.3 Å². The van der Waals surface area contributed by atoms with Crippen LogP contribution in [0.15, 0.2) is 22.6 Å². The minimum atomic E-state index is -0.186. The van der Waals surface area contributed by atoms with Gasteiger partial charge in [-0.15, -0.1) is 0 Å². The lowest BCUT2D eigenvalue weighted by molar-refractivity contribution is 0.244. The molecule has 1 N–H and O–H groups in total. The van der Waals surface area contributed by atoms with E-state index in [1.165, 1.54) is 0 Å². The molecular weight excluding hydrogens is 153 g/mol. The number of aromatic nitrogens is 1. The summed E-state index contributed by atoms with van der Waals surface area (Å²) in [6.45, 7) is -0.186. The van der Waals surface area contributed by atoms with Crippen molar-refractivity contribution in [3.05, 3.63) is 24.1 Å². The second-order valence-corrected chi connectivity index (χ2v) is 2.49. The zero-order valence-corrected chi connectivity index (χ0v) is 6.32. The third kappa shape index (κ3) is 1.10. The van der Waals surface area contributed by atoms with Gasteiger partial charge in [-0.2, -0.15) is 0 Å². The van der Waals surface area contributed by atoms with E-state index < -0.39 is 0 Å². The molecule has 58 valence electrons. The molecule has 1 aromatic carbocycles. The molecule has 0 aliphatic carbocycles. The monoisotopic (exact) mass is 159 g/mol. The van der Waals surface area contributed by atoms with Gasteiger partial charge < -0.3 is 9.52 Å². The fraction of sp³-hybridized carbons (Fsp3) is 0.125. The minimum Gasteiger partial charge on any atom is -0.438 e. The normalized spacial score (nSPS) is 10.8. The first-order valence-corrected chi connectivity index (χ1v) is 3.55. The van der Waals surface area contributed by atoms with Crippen molar-refractivity contribution < 1.29 is 9.52 Å². The van der Waals surface area contributed by atoms with Crippen molar-refractivity contribution in [3.63, 3.8) is 0 Å². The Labute approximate surface area is 70.4 Å². The Morgan fingerprint density at radius 2 is 2.33 bits per heavy atom. The van der Waals surface area contributed by atoms with Crippen LogP contribution in [-0.4, -0.2) is 17.9 Å². The number of oxazole rings is 1. The van der Waals surface area contributed by atoms with Crippen LogP contribution in [0.25, 0.3) is 11.1 Å². The number of aliphatic hydroxyl groups excluding tert-OH is 1. The van der Waals surface area contributed by atoms with Gasteiger partial charge in [0.2, 0.25) is 5.89 Å². The molecule has 0 bridgehead atoms. The summed E-state index contributed by atoms with van der Waals surface area (Å²) in [5, 5.41) is 8.72. The highest BCUT2D eigenvalue weighted by atomic mass is 16.4. The van der Waals surface area contributed by atoms with Crippen molar-refractivity contribution in [1.29, 1.82) is 0 Å². The fourth-order valence-corrected chi connectivity index (χ4v) is 1.06. The average Bonchev–Trinajstić information content (AvgIpc) is 2.46. The molecular formula is C8H6BNO2. The van der Waals surface area contributed by atoms with E-state index >= 15 is 0 Å². The van der Waals surface area contributed by atoms with Crippen LogP contribution < -0.4 is 5.46 Å². The standard InChI is InChI=1S/C8H6BNO2/c9-5-1-2-6-7(3-5)12-8(4-11)10-6/h1-3,11H,4H2. The molecule has 12 heavy (non-hydrogen) atoms. The van der Waals surface area contributed by atoms with Crippen LogP contribution in [0.2, 0.25) is 0 Å². The molecule has 0 unspecified atom stereocenters. The van der Waals surface area contributed by atoms with Crippen LogP contribution in [0, 0.1) is 0 Å². The SMILES string of the molecule is [B]c1ccc2nc(CO)oc2c1. The molecule has 1 aromatic heterocycles. The molecule has 3 nitrogen and oxygen atoms in total. The minimum absolute atomic E-state index is 0.186. The van der Waals surface area contributed by atoms with Gasteiger partial charge in [0, 0.05) is 0 Å². The highest BCUT2D eigenvalue weighted by molar-refractivity contribution is 6.32. The van der Waals surface area contributed by atoms with Gasteiger partial charge in [-0.3, -0.25) is 0 Å². The Balaban J connectivity index is 2.67. The molecule has 0 aliphatic heterocycles. The van der Waals surface area contributed by atoms with E-state index in [1.54, 1.807) is 18.2 Å². The first-order chi connectivity index (χ1) is 5.79. The Morgan fingerprint density at radius 1 is 1.50 bits per heavy atom. The van der Waals surface area contributed by atoms with Crippen molar-refractivity contribution in [2.24, 2.45) is 0 Å². The van der Waals surface area contributed by atoms with Gasteiger partial charge in [0.15, 0.2) is 5.58 Å². The lowest BCUT2D eigenvalue weighted by Gasteiger charge is -1.88. The van der Waals surface area contributed by atoms with Gasteiger partial charge in [0.25, 0.3) is 0 Å². The van der Waals surface area contributed by atoms with E-state index in [9.17, 15) is 0 Å². The number of rotatable bonds is 1. The summed E-state index contributed by atoms with van der Waals surface area (Å²) >= 11 is 0. The summed E-state index contributed by atoms with van der Waals surface area (Å²) in [7, 11) is 5.52. The molecule has 0 saturated heterocycles. The highest BCUT2D eigenvalue weighted by Crippen LogP contribution is 2.12. The smallest absolute Gasteiger partial charge is 0.221 e. The Morgan fingerprint density at radius 3 is 3.08 bits per heavy atom. The summed E-state index contributed by atoms with van der Waals surface area (Å²) in [4.78, 5) is 4.00. The Hall–Kier alpha value is -1.29. The number of hydrogen-bond donors (Lipinski definition) is 1. The van der Waals surface area contributed by atoms with Gasteiger partial charge in [0.1, 0.15) is 20.0 Å². The van der Waals surface area contributed by atoms with Gasteiger partial charge in [-0.05, 0) is 12.1 Å². The largest absolute Gasteiger partial charge is 0.438 e. The maximum absolute atomic E-state index is 8.72. The molecule has 4 heteroatoms. The fourth-order valence-electron chi connectivity index (χ4n) is 1.06. The molecule has 2 aromatic rings. The summed E-state index contributed by atoms with van der Waals surface area (Å²) in [6, 6.07) is 5.18. The number of aliphatic hydroxyl groups is 1. The Bertz CT molecular complexity index is 410. The van der Waals surface area contributed by atoms with Crippen LogP contribution in [0.3, 0.4) is 0 Å². The quantitative estimate of drug-likeness (QED) is 0.600. The van der Waals surface area contributed by atoms with Crippen molar-refractivity contribution in [2.45, 2.75) is 6.61 Å². The van der Waals surface area contributed by atoms with Gasteiger partial charge >= 0.3 is 0 Å². The van der Waals surface area contributed by atoms with E-state index in [0.717, 1.165) is 0 Å². The predicted molar refractivity (Wildman–Crippen MR) is 45.3 cm³/mol. The Kier molecular flexibility index (Phi) is 1.62. The van der Waals surface area contributed by atoms with Gasteiger partial charge in [0.05, 0.1) is 0 Å². The van der Waals surface area contributed by atoms with E-state index in [2.05, 4.69) is 4.98 Å². The summed E-state index contributed by atoms with van der Waals surface area (Å²) in [5.74, 6) is 0.315. The van der Waals surface area contributed by atoms with E-state index in [4.69, 9.17) is 17.4 Å². The lowest BCUT2D eigenvalue weighted by atomic mass is 9.96. The maximum atomic E-state index is 8.72. The number of fused-ring (bicyclic) bond motifs is 1. The highest BCUT2D eigenvalue weighted by Gasteiger charge is 2.02. The molecule has 1 heterocycles. The number of nitrogens with zero attached hydrogens (tertiary/aromatic N) is 1. The van der Waals surface area contributed by atoms with E-state index in [0.29, 0.717) is 22.5 Å². The van der Waals surface area contributed by atoms with Crippen molar-refractivity contribution >= 4 is 24.4 Å². The summed E-state index contributed by atoms with van der Waals surface area (Å²) in [5.41, 5.74) is 1.95. The van der Waals surface area contributed by atoms with Crippen LogP contribution in [0.1, 0.15) is 5.89 Å². The summed E-state index contributed by atoms with van der Waals surface area (Å²) < 4.78 is 5.16. The average molecular weight is 159 g/mol. The maximum Gasteiger partial charge on any atom is 0.221 e. The molecule has 0 fully saturated rings. The van der Waals surface area contributed by atoms with Crippen LogP contribution in [-0.2, 0) is 6.61 Å². The molecule has 0 saturated carbocycles. The zero-order chi connectivity index (χ0) is 8.55. The van der Waals surface area contributed by atoms with E-state index in [-0.39, 0.29) is 6.61 Å². The first kappa shape index (κ1) is 7.37. The van der Waals surface area contributed by atoms with Gasteiger partial charge in [-0.25, -0.2) is 4.98 Å².